The van der Waals surface area contributed by atoms with E-state index in [2.05, 4.69) is 21.0 Å². The van der Waals surface area contributed by atoms with Crippen LogP contribution in [0, 0.1) is 5.92 Å². The van der Waals surface area contributed by atoms with Crippen LogP contribution in [-0.4, -0.2) is 24.5 Å². The van der Waals surface area contributed by atoms with Gasteiger partial charge in [-0.1, -0.05) is 32.1 Å². The van der Waals surface area contributed by atoms with E-state index in [0.29, 0.717) is 5.92 Å². The summed E-state index contributed by atoms with van der Waals surface area (Å²) in [7, 11) is 0. The van der Waals surface area contributed by atoms with Gasteiger partial charge in [-0.3, -0.25) is 0 Å². The molecule has 3 aromatic heterocycles. The van der Waals surface area contributed by atoms with Gasteiger partial charge in [-0.25, -0.2) is 14.7 Å². The van der Waals surface area contributed by atoms with E-state index in [1.807, 2.05) is 6.07 Å². The molecule has 130 valence electrons. The molecule has 1 aliphatic carbocycles. The van der Waals surface area contributed by atoms with Crippen molar-refractivity contribution in [2.75, 3.05) is 0 Å². The first kappa shape index (κ1) is 16.3. The Bertz CT molecular complexity index is 935. The number of halogens is 1. The Labute approximate surface area is 154 Å². The third-order valence-corrected chi connectivity index (χ3v) is 5.28. The predicted molar refractivity (Wildman–Crippen MR) is 97.8 cm³/mol. The summed E-state index contributed by atoms with van der Waals surface area (Å²) in [5.41, 5.74) is 1.85. The fourth-order valence-corrected chi connectivity index (χ4v) is 3.81. The molecular formula is C18H20BrN5O. The molecule has 1 saturated carbocycles. The minimum atomic E-state index is 0.711. The van der Waals surface area contributed by atoms with Gasteiger partial charge in [0.1, 0.15) is 0 Å². The normalized spacial score (nSPS) is 15.6. The molecule has 0 aliphatic heterocycles. The van der Waals surface area contributed by atoms with Gasteiger partial charge in [0.2, 0.25) is 0 Å². The Morgan fingerprint density at radius 3 is 2.72 bits per heavy atom. The standard InChI is InChI=1S/C18H20BrN5O/c19-16-12-20-24-17(21-14-6-8-23(25)9-7-14)11-15(22-18(16)24)10-13-4-2-1-3-5-13/h6-9,11-13,25H,1-5,10H2. The van der Waals surface area contributed by atoms with Gasteiger partial charge in [-0.15, -0.1) is 0 Å². The Balaban J connectivity index is 1.76. The SMILES string of the molecule is On1ccc(=Nc2cc(CC3CCCCC3)nc3c(Br)cnn23)cc1. The van der Waals surface area contributed by atoms with Crippen LogP contribution < -0.4 is 5.36 Å². The molecule has 3 heterocycles. The molecule has 1 fully saturated rings. The Kier molecular flexibility index (Phi) is 4.57. The van der Waals surface area contributed by atoms with E-state index in [9.17, 15) is 5.21 Å². The fourth-order valence-electron chi connectivity index (χ4n) is 3.46. The van der Waals surface area contributed by atoms with Gasteiger partial charge in [0.15, 0.2) is 11.5 Å². The van der Waals surface area contributed by atoms with Crippen molar-refractivity contribution in [3.8, 4) is 0 Å². The molecule has 6 nitrogen and oxygen atoms in total. The molecule has 7 heteroatoms. The summed E-state index contributed by atoms with van der Waals surface area (Å²) in [6, 6.07) is 5.54. The van der Waals surface area contributed by atoms with E-state index in [1.165, 1.54) is 32.1 Å². The van der Waals surface area contributed by atoms with E-state index < -0.39 is 0 Å². The van der Waals surface area contributed by atoms with Crippen LogP contribution in [0.4, 0.5) is 5.82 Å². The number of nitrogens with zero attached hydrogens (tertiary/aromatic N) is 5. The number of pyridine rings is 1. The van der Waals surface area contributed by atoms with Crippen molar-refractivity contribution in [1.82, 2.24) is 19.3 Å². The third kappa shape index (κ3) is 3.61. The van der Waals surface area contributed by atoms with E-state index in [-0.39, 0.29) is 0 Å². The zero-order valence-electron chi connectivity index (χ0n) is 13.8. The van der Waals surface area contributed by atoms with E-state index >= 15 is 0 Å². The number of fused-ring (bicyclic) bond motifs is 1. The second kappa shape index (κ2) is 7.00. The number of rotatable bonds is 3. The molecule has 0 bridgehead atoms. The molecule has 0 saturated heterocycles. The average Bonchev–Trinajstić information content (AvgIpc) is 2.99. The first-order valence-electron chi connectivity index (χ1n) is 8.64. The first-order chi connectivity index (χ1) is 12.2. The molecule has 0 spiro atoms. The van der Waals surface area contributed by atoms with Crippen molar-refractivity contribution in [2.24, 2.45) is 10.9 Å². The molecule has 0 amide bonds. The maximum Gasteiger partial charge on any atom is 0.172 e. The Hall–Kier alpha value is -2.15. The molecule has 25 heavy (non-hydrogen) atoms. The molecule has 1 aliphatic rings. The van der Waals surface area contributed by atoms with Crippen molar-refractivity contribution < 1.29 is 5.21 Å². The summed E-state index contributed by atoms with van der Waals surface area (Å²) < 4.78 is 3.62. The summed E-state index contributed by atoms with van der Waals surface area (Å²) in [6.07, 6.45) is 12.4. The highest BCUT2D eigenvalue weighted by molar-refractivity contribution is 9.10. The molecule has 0 aromatic carbocycles. The van der Waals surface area contributed by atoms with E-state index in [1.54, 1.807) is 35.2 Å². The van der Waals surface area contributed by atoms with E-state index in [4.69, 9.17) is 9.98 Å². The zero-order valence-corrected chi connectivity index (χ0v) is 15.4. The van der Waals surface area contributed by atoms with Crippen molar-refractivity contribution >= 4 is 27.4 Å². The summed E-state index contributed by atoms with van der Waals surface area (Å²) in [5.74, 6) is 1.46. The molecule has 4 rings (SSSR count). The van der Waals surface area contributed by atoms with Crippen molar-refractivity contribution in [2.45, 2.75) is 38.5 Å². The van der Waals surface area contributed by atoms with Crippen molar-refractivity contribution in [3.63, 3.8) is 0 Å². The van der Waals surface area contributed by atoms with Crippen molar-refractivity contribution in [1.29, 1.82) is 0 Å². The summed E-state index contributed by atoms with van der Waals surface area (Å²) in [4.78, 5) is 9.49. The van der Waals surface area contributed by atoms with Crippen LogP contribution in [0.15, 0.2) is 46.3 Å². The zero-order chi connectivity index (χ0) is 17.2. The quantitative estimate of drug-likeness (QED) is 0.676. The largest absolute Gasteiger partial charge is 0.429 e. The first-order valence-corrected chi connectivity index (χ1v) is 9.44. The smallest absolute Gasteiger partial charge is 0.172 e. The highest BCUT2D eigenvalue weighted by Gasteiger charge is 2.17. The lowest BCUT2D eigenvalue weighted by Gasteiger charge is -2.21. The second-order valence-electron chi connectivity index (χ2n) is 6.59. The fraction of sp³-hybridized carbons (Fsp3) is 0.389. The monoisotopic (exact) mass is 401 g/mol. The van der Waals surface area contributed by atoms with Gasteiger partial charge < -0.3 is 5.21 Å². The molecule has 0 radical (unpaired) electrons. The van der Waals surface area contributed by atoms with Gasteiger partial charge in [0, 0.05) is 24.2 Å². The van der Waals surface area contributed by atoms with E-state index in [0.717, 1.165) is 38.1 Å². The van der Waals surface area contributed by atoms with Gasteiger partial charge in [0.25, 0.3) is 0 Å². The molecule has 0 unspecified atom stereocenters. The van der Waals surface area contributed by atoms with Gasteiger partial charge in [-0.2, -0.15) is 9.61 Å². The third-order valence-electron chi connectivity index (χ3n) is 4.73. The average molecular weight is 402 g/mol. The lowest BCUT2D eigenvalue weighted by molar-refractivity contribution is 0.184. The van der Waals surface area contributed by atoms with Gasteiger partial charge in [0.05, 0.1) is 16.0 Å². The van der Waals surface area contributed by atoms with Crippen LogP contribution in [0.3, 0.4) is 0 Å². The van der Waals surface area contributed by atoms with Crippen molar-refractivity contribution in [3.05, 3.63) is 52.3 Å². The second-order valence-corrected chi connectivity index (χ2v) is 7.44. The summed E-state index contributed by atoms with van der Waals surface area (Å²) >= 11 is 3.53. The molecular weight excluding hydrogens is 382 g/mol. The Morgan fingerprint density at radius 1 is 1.20 bits per heavy atom. The molecule has 0 atom stereocenters. The van der Waals surface area contributed by atoms with Crippen LogP contribution in [-0.2, 0) is 6.42 Å². The van der Waals surface area contributed by atoms with Crippen LogP contribution in [0.2, 0.25) is 0 Å². The van der Waals surface area contributed by atoms with Gasteiger partial charge >= 0.3 is 0 Å². The summed E-state index contributed by atoms with van der Waals surface area (Å²) in [5, 5.41) is 14.5. The number of aromatic nitrogens is 4. The lowest BCUT2D eigenvalue weighted by atomic mass is 9.86. The predicted octanol–water partition coefficient (Wildman–Crippen LogP) is 3.89. The van der Waals surface area contributed by atoms with Crippen LogP contribution in [0.25, 0.3) is 5.65 Å². The van der Waals surface area contributed by atoms with Crippen LogP contribution in [0.1, 0.15) is 37.8 Å². The number of hydrogen-bond acceptors (Lipinski definition) is 4. The highest BCUT2D eigenvalue weighted by Crippen LogP contribution is 2.28. The minimum Gasteiger partial charge on any atom is -0.429 e. The lowest BCUT2D eigenvalue weighted by Crippen LogP contribution is -2.11. The maximum atomic E-state index is 9.37. The number of hydrogen-bond donors (Lipinski definition) is 1. The highest BCUT2D eigenvalue weighted by atomic mass is 79.9. The molecule has 3 aromatic rings. The van der Waals surface area contributed by atoms with Crippen LogP contribution in [0.5, 0.6) is 0 Å². The minimum absolute atomic E-state index is 0.711. The molecule has 1 N–H and O–H groups in total. The summed E-state index contributed by atoms with van der Waals surface area (Å²) in [6.45, 7) is 0. The Morgan fingerprint density at radius 2 is 1.96 bits per heavy atom. The maximum absolute atomic E-state index is 9.37. The topological polar surface area (TPSA) is 67.7 Å². The van der Waals surface area contributed by atoms with Crippen LogP contribution >= 0.6 is 15.9 Å². The van der Waals surface area contributed by atoms with Gasteiger partial charge in [-0.05, 0) is 40.4 Å².